The minimum absolute atomic E-state index is 0.0148. The maximum Gasteiger partial charge on any atom is 0.181 e. The molecule has 0 N–H and O–H groups in total. The van der Waals surface area contributed by atoms with Crippen molar-refractivity contribution in [3.05, 3.63) is 17.2 Å². The quantitative estimate of drug-likeness (QED) is 0.755. The Bertz CT molecular complexity index is 572. The van der Waals surface area contributed by atoms with Crippen LogP contribution in [0.4, 0.5) is 0 Å². The van der Waals surface area contributed by atoms with Gasteiger partial charge in [-0.2, -0.15) is 5.26 Å². The van der Waals surface area contributed by atoms with Gasteiger partial charge in [0, 0.05) is 44.0 Å². The molecule has 0 saturated carbocycles. The molecule has 0 bridgehead atoms. The van der Waals surface area contributed by atoms with Crippen LogP contribution in [-0.2, 0) is 16.9 Å². The Kier molecular flexibility index (Phi) is 5.79. The maximum atomic E-state index is 8.87. The summed E-state index contributed by atoms with van der Waals surface area (Å²) in [6.45, 7) is 10.6. The highest BCUT2D eigenvalue weighted by atomic mass is 32.1. The van der Waals surface area contributed by atoms with Gasteiger partial charge in [0.1, 0.15) is 0 Å². The van der Waals surface area contributed by atoms with Gasteiger partial charge < -0.3 is 13.9 Å². The van der Waals surface area contributed by atoms with Crippen LogP contribution in [0, 0.1) is 22.0 Å². The van der Waals surface area contributed by atoms with Gasteiger partial charge in [0.15, 0.2) is 4.77 Å². The van der Waals surface area contributed by atoms with Crippen molar-refractivity contribution in [2.75, 3.05) is 26.3 Å². The first-order chi connectivity index (χ1) is 10.4. The standard InChI is InChI=1S/C16H26N4OS/c1-16(2,3)20-9-8-19(15(20)22)13-18(7-4-6-17)11-14-5-10-21-12-14/h8-9,14H,4-5,7,10-13H2,1-3H3/t14-/m0/s1. The van der Waals surface area contributed by atoms with Crippen molar-refractivity contribution in [3.63, 3.8) is 0 Å². The molecule has 1 aromatic rings. The van der Waals surface area contributed by atoms with Crippen LogP contribution >= 0.6 is 12.2 Å². The predicted molar refractivity (Wildman–Crippen MR) is 89.0 cm³/mol. The van der Waals surface area contributed by atoms with Crippen molar-refractivity contribution in [1.82, 2.24) is 14.0 Å². The lowest BCUT2D eigenvalue weighted by molar-refractivity contribution is 0.152. The summed E-state index contributed by atoms with van der Waals surface area (Å²) >= 11 is 5.60. The fourth-order valence-corrected chi connectivity index (χ4v) is 3.22. The van der Waals surface area contributed by atoms with Crippen molar-refractivity contribution in [1.29, 1.82) is 5.26 Å². The van der Waals surface area contributed by atoms with Crippen molar-refractivity contribution in [2.45, 2.75) is 45.8 Å². The van der Waals surface area contributed by atoms with Crippen LogP contribution in [0.5, 0.6) is 0 Å². The number of imidazole rings is 1. The Hall–Kier alpha value is -1.16. The van der Waals surface area contributed by atoms with Gasteiger partial charge in [-0.25, -0.2) is 0 Å². The summed E-state index contributed by atoms with van der Waals surface area (Å²) < 4.78 is 10.5. The molecule has 2 rings (SSSR count). The van der Waals surface area contributed by atoms with Crippen LogP contribution in [0.15, 0.2) is 12.4 Å². The van der Waals surface area contributed by atoms with Gasteiger partial charge in [-0.3, -0.25) is 4.90 Å². The number of hydrogen-bond donors (Lipinski definition) is 0. The maximum absolute atomic E-state index is 8.87. The van der Waals surface area contributed by atoms with Gasteiger partial charge in [0.05, 0.1) is 19.3 Å². The van der Waals surface area contributed by atoms with E-state index in [1.54, 1.807) is 0 Å². The van der Waals surface area contributed by atoms with E-state index in [2.05, 4.69) is 40.9 Å². The van der Waals surface area contributed by atoms with Crippen LogP contribution < -0.4 is 0 Å². The van der Waals surface area contributed by atoms with E-state index in [4.69, 9.17) is 22.2 Å². The zero-order valence-corrected chi connectivity index (χ0v) is 14.6. The van der Waals surface area contributed by atoms with E-state index in [1.807, 2.05) is 12.4 Å². The first-order valence-corrected chi connectivity index (χ1v) is 8.28. The van der Waals surface area contributed by atoms with Crippen LogP contribution in [-0.4, -0.2) is 40.3 Å². The lowest BCUT2D eigenvalue weighted by Crippen LogP contribution is -2.33. The Morgan fingerprint density at radius 2 is 2.23 bits per heavy atom. The van der Waals surface area contributed by atoms with Gasteiger partial charge in [0.2, 0.25) is 0 Å². The zero-order valence-electron chi connectivity index (χ0n) is 13.8. The molecule has 2 heterocycles. The van der Waals surface area contributed by atoms with Crippen LogP contribution in [0.25, 0.3) is 0 Å². The highest BCUT2D eigenvalue weighted by Gasteiger charge is 2.20. The molecule has 0 radical (unpaired) electrons. The highest BCUT2D eigenvalue weighted by Crippen LogP contribution is 2.17. The SMILES string of the molecule is CC(C)(C)n1ccn(CN(CCC#N)C[C@@H]2CCOC2)c1=S. The fourth-order valence-electron chi connectivity index (χ4n) is 2.77. The zero-order chi connectivity index (χ0) is 16.2. The Balaban J connectivity index is 2.07. The number of hydrogen-bond acceptors (Lipinski definition) is 4. The molecule has 0 spiro atoms. The summed E-state index contributed by atoms with van der Waals surface area (Å²) in [5.74, 6) is 0.567. The summed E-state index contributed by atoms with van der Waals surface area (Å²) in [6.07, 6.45) is 5.74. The molecule has 6 heteroatoms. The van der Waals surface area contributed by atoms with Crippen molar-refractivity contribution >= 4 is 12.2 Å². The Morgan fingerprint density at radius 1 is 1.45 bits per heavy atom. The van der Waals surface area contributed by atoms with E-state index < -0.39 is 0 Å². The summed E-state index contributed by atoms with van der Waals surface area (Å²) in [4.78, 5) is 2.31. The number of rotatable bonds is 6. The average molecular weight is 322 g/mol. The highest BCUT2D eigenvalue weighted by molar-refractivity contribution is 7.71. The molecule has 1 aromatic heterocycles. The molecule has 22 heavy (non-hydrogen) atoms. The van der Waals surface area contributed by atoms with Crippen LogP contribution in [0.1, 0.15) is 33.6 Å². The minimum atomic E-state index is -0.0148. The van der Waals surface area contributed by atoms with Gasteiger partial charge >= 0.3 is 0 Å². The molecule has 0 aromatic carbocycles. The van der Waals surface area contributed by atoms with Crippen molar-refractivity contribution in [3.8, 4) is 6.07 Å². The molecule has 122 valence electrons. The normalized spacial score (nSPS) is 18.8. The van der Waals surface area contributed by atoms with Gasteiger partial charge in [-0.1, -0.05) is 0 Å². The third-order valence-corrected chi connectivity index (χ3v) is 4.43. The summed E-state index contributed by atoms with van der Waals surface area (Å²) in [5, 5.41) is 8.87. The molecule has 1 aliphatic heterocycles. The second-order valence-electron chi connectivity index (χ2n) is 6.95. The summed E-state index contributed by atoms with van der Waals surface area (Å²) in [5.41, 5.74) is -0.0148. The molecular weight excluding hydrogens is 296 g/mol. The van der Waals surface area contributed by atoms with Gasteiger partial charge in [-0.15, -0.1) is 0 Å². The van der Waals surface area contributed by atoms with E-state index in [0.29, 0.717) is 12.3 Å². The smallest absolute Gasteiger partial charge is 0.181 e. The third kappa shape index (κ3) is 4.42. The largest absolute Gasteiger partial charge is 0.381 e. The summed E-state index contributed by atoms with van der Waals surface area (Å²) in [7, 11) is 0. The molecule has 1 atom stereocenters. The molecule has 0 aliphatic carbocycles. The summed E-state index contributed by atoms with van der Waals surface area (Å²) in [6, 6.07) is 2.24. The molecule has 0 unspecified atom stereocenters. The predicted octanol–water partition coefficient (Wildman–Crippen LogP) is 2.98. The second-order valence-corrected chi connectivity index (χ2v) is 7.31. The lowest BCUT2D eigenvalue weighted by atomic mass is 10.1. The minimum Gasteiger partial charge on any atom is -0.381 e. The first-order valence-electron chi connectivity index (χ1n) is 7.87. The molecule has 5 nitrogen and oxygen atoms in total. The van der Waals surface area contributed by atoms with Crippen molar-refractivity contribution in [2.24, 2.45) is 5.92 Å². The average Bonchev–Trinajstić information content (AvgIpc) is 3.06. The second kappa shape index (κ2) is 7.40. The van der Waals surface area contributed by atoms with Crippen LogP contribution in [0.2, 0.25) is 0 Å². The Morgan fingerprint density at radius 3 is 2.77 bits per heavy atom. The lowest BCUT2D eigenvalue weighted by Gasteiger charge is -2.25. The van der Waals surface area contributed by atoms with Crippen LogP contribution in [0.3, 0.4) is 0 Å². The number of nitrogens with zero attached hydrogens (tertiary/aromatic N) is 4. The third-order valence-electron chi connectivity index (χ3n) is 4.00. The Labute approximate surface area is 138 Å². The first kappa shape index (κ1) is 17.2. The number of aromatic nitrogens is 2. The fraction of sp³-hybridized carbons (Fsp3) is 0.750. The van der Waals surface area contributed by atoms with E-state index in [0.717, 1.165) is 44.2 Å². The topological polar surface area (TPSA) is 46.1 Å². The molecular formula is C16H26N4OS. The van der Waals surface area contributed by atoms with E-state index in [-0.39, 0.29) is 5.54 Å². The molecule has 1 saturated heterocycles. The number of nitriles is 1. The van der Waals surface area contributed by atoms with E-state index in [1.165, 1.54) is 0 Å². The number of ether oxygens (including phenoxy) is 1. The van der Waals surface area contributed by atoms with Gasteiger partial charge in [0.25, 0.3) is 0 Å². The van der Waals surface area contributed by atoms with Gasteiger partial charge in [-0.05, 0) is 45.3 Å². The molecule has 0 amide bonds. The molecule has 1 fully saturated rings. The van der Waals surface area contributed by atoms with E-state index in [9.17, 15) is 0 Å². The van der Waals surface area contributed by atoms with E-state index >= 15 is 0 Å². The molecule has 1 aliphatic rings. The monoisotopic (exact) mass is 322 g/mol. The van der Waals surface area contributed by atoms with Crippen molar-refractivity contribution < 1.29 is 4.74 Å².